The first-order valence-electron chi connectivity index (χ1n) is 11.1. The number of nitrogens with one attached hydrogen (secondary N) is 1. The fraction of sp³-hybridized carbons (Fsp3) is 0.292. The molecule has 1 fully saturated rings. The van der Waals surface area contributed by atoms with Crippen molar-refractivity contribution in [3.8, 4) is 5.69 Å². The van der Waals surface area contributed by atoms with Crippen molar-refractivity contribution in [3.63, 3.8) is 0 Å². The van der Waals surface area contributed by atoms with Gasteiger partial charge in [0, 0.05) is 31.9 Å². The molecule has 10 heteroatoms. The van der Waals surface area contributed by atoms with Gasteiger partial charge in [0.1, 0.15) is 18.8 Å². The molecule has 2 N–H and O–H groups in total. The number of para-hydroxylation sites is 1. The van der Waals surface area contributed by atoms with Crippen LogP contribution < -0.4 is 10.2 Å². The molecule has 1 aliphatic rings. The van der Waals surface area contributed by atoms with Crippen LogP contribution in [0.4, 0.5) is 11.5 Å². The molecular formula is C24H25Cl2N7O. The fourth-order valence-electron chi connectivity index (χ4n) is 4.35. The number of aliphatic hydroxyl groups is 1. The second-order valence-electron chi connectivity index (χ2n) is 8.27. The van der Waals surface area contributed by atoms with Crippen molar-refractivity contribution < 1.29 is 5.11 Å². The number of imidazole rings is 1. The monoisotopic (exact) mass is 497 g/mol. The summed E-state index contributed by atoms with van der Waals surface area (Å²) in [6.07, 6.45) is 2.29. The van der Waals surface area contributed by atoms with E-state index in [9.17, 15) is 5.11 Å². The minimum absolute atomic E-state index is 0.336. The molecule has 0 spiro atoms. The second kappa shape index (κ2) is 9.76. The van der Waals surface area contributed by atoms with Gasteiger partial charge >= 0.3 is 0 Å². The van der Waals surface area contributed by atoms with E-state index in [0.717, 1.165) is 37.6 Å². The maximum Gasteiger partial charge on any atom is 0.170 e. The largest absolute Gasteiger partial charge is 0.390 e. The van der Waals surface area contributed by atoms with Crippen LogP contribution in [0.25, 0.3) is 16.9 Å². The molecule has 0 bridgehead atoms. The number of piperazine rings is 1. The number of hydrogen-bond acceptors (Lipinski definition) is 7. The number of aliphatic hydroxyl groups excluding tert-OH is 1. The molecule has 4 aromatic rings. The quantitative estimate of drug-likeness (QED) is 0.415. The molecule has 8 nitrogen and oxygen atoms in total. The van der Waals surface area contributed by atoms with E-state index in [2.05, 4.69) is 30.1 Å². The molecule has 0 radical (unpaired) electrons. The van der Waals surface area contributed by atoms with Crippen molar-refractivity contribution >= 4 is 45.9 Å². The standard InChI is InChI=1S/C24H25Cl2N7O/c1-16(34)23(32-12-10-31(11-13-32)19-9-5-8-18(25)20(19)26)30-22-21-24(28-14-27-22)33(15-29-21)17-6-3-2-4-7-17/h2-9,14-16,23,34H,10-13H2,1H3,(H,27,28,30). The number of benzene rings is 2. The molecule has 0 saturated carbocycles. The molecule has 2 atom stereocenters. The summed E-state index contributed by atoms with van der Waals surface area (Å²) in [5.74, 6) is 0.589. The van der Waals surface area contributed by atoms with Crippen LogP contribution in [0.15, 0.2) is 61.2 Å². The third kappa shape index (κ3) is 4.42. The number of hydrogen-bond donors (Lipinski definition) is 2. The number of rotatable bonds is 6. The predicted molar refractivity (Wildman–Crippen MR) is 136 cm³/mol. The highest BCUT2D eigenvalue weighted by atomic mass is 35.5. The zero-order chi connectivity index (χ0) is 23.7. The van der Waals surface area contributed by atoms with Gasteiger partial charge in [-0.05, 0) is 31.2 Å². The lowest BCUT2D eigenvalue weighted by atomic mass is 10.2. The van der Waals surface area contributed by atoms with Crippen LogP contribution >= 0.6 is 23.2 Å². The number of halogens is 2. The normalized spacial score (nSPS) is 16.5. The Hall–Kier alpha value is -2.91. The van der Waals surface area contributed by atoms with Crippen LogP contribution in [0.2, 0.25) is 10.0 Å². The predicted octanol–water partition coefficient (Wildman–Crippen LogP) is 4.06. The summed E-state index contributed by atoms with van der Waals surface area (Å²) in [4.78, 5) is 17.9. The van der Waals surface area contributed by atoms with E-state index >= 15 is 0 Å². The molecular weight excluding hydrogens is 473 g/mol. The first kappa shape index (κ1) is 22.9. The van der Waals surface area contributed by atoms with E-state index in [1.807, 2.05) is 47.0 Å². The first-order chi connectivity index (χ1) is 16.5. The highest BCUT2D eigenvalue weighted by Gasteiger charge is 2.29. The lowest BCUT2D eigenvalue weighted by Gasteiger charge is -2.41. The molecule has 0 amide bonds. The van der Waals surface area contributed by atoms with Gasteiger partial charge in [-0.15, -0.1) is 0 Å². The van der Waals surface area contributed by atoms with Crippen molar-refractivity contribution in [2.24, 2.45) is 0 Å². The molecule has 34 heavy (non-hydrogen) atoms. The zero-order valence-corrected chi connectivity index (χ0v) is 20.2. The van der Waals surface area contributed by atoms with Gasteiger partial charge in [-0.25, -0.2) is 15.0 Å². The Labute approximate surface area is 207 Å². The molecule has 0 aliphatic carbocycles. The lowest BCUT2D eigenvalue weighted by molar-refractivity contribution is 0.0720. The Kier molecular flexibility index (Phi) is 6.56. The molecule has 1 saturated heterocycles. The van der Waals surface area contributed by atoms with Crippen molar-refractivity contribution in [2.45, 2.75) is 19.2 Å². The first-order valence-corrected chi connectivity index (χ1v) is 11.9. The summed E-state index contributed by atoms with van der Waals surface area (Å²) in [5, 5.41) is 15.2. The van der Waals surface area contributed by atoms with Crippen molar-refractivity contribution in [1.82, 2.24) is 24.4 Å². The number of nitrogens with zero attached hydrogens (tertiary/aromatic N) is 6. The van der Waals surface area contributed by atoms with E-state index in [1.165, 1.54) is 6.33 Å². The summed E-state index contributed by atoms with van der Waals surface area (Å²) in [5.41, 5.74) is 3.26. The Bertz CT molecular complexity index is 1270. The van der Waals surface area contributed by atoms with Gasteiger partial charge in [-0.3, -0.25) is 9.47 Å². The van der Waals surface area contributed by atoms with Crippen LogP contribution in [0.5, 0.6) is 0 Å². The van der Waals surface area contributed by atoms with Gasteiger partial charge < -0.3 is 15.3 Å². The van der Waals surface area contributed by atoms with Crippen LogP contribution in [-0.4, -0.2) is 68.0 Å². The molecule has 2 unspecified atom stereocenters. The van der Waals surface area contributed by atoms with Gasteiger partial charge in [-0.2, -0.15) is 0 Å². The third-order valence-electron chi connectivity index (χ3n) is 6.09. The summed E-state index contributed by atoms with van der Waals surface area (Å²) in [6.45, 7) is 4.76. The zero-order valence-electron chi connectivity index (χ0n) is 18.6. The summed E-state index contributed by atoms with van der Waals surface area (Å²) >= 11 is 12.6. The van der Waals surface area contributed by atoms with Crippen LogP contribution in [0, 0.1) is 0 Å². The highest BCUT2D eigenvalue weighted by Crippen LogP contribution is 2.33. The molecule has 2 aromatic carbocycles. The summed E-state index contributed by atoms with van der Waals surface area (Å²) in [7, 11) is 0. The fourth-order valence-corrected chi connectivity index (χ4v) is 4.77. The average molecular weight is 498 g/mol. The lowest BCUT2D eigenvalue weighted by Crippen LogP contribution is -2.56. The van der Waals surface area contributed by atoms with E-state index in [-0.39, 0.29) is 6.17 Å². The molecule has 176 valence electrons. The van der Waals surface area contributed by atoms with Crippen LogP contribution in [-0.2, 0) is 0 Å². The van der Waals surface area contributed by atoms with E-state index < -0.39 is 6.10 Å². The topological polar surface area (TPSA) is 82.3 Å². The van der Waals surface area contributed by atoms with Crippen LogP contribution in [0.1, 0.15) is 6.92 Å². The SMILES string of the molecule is CC(O)C(Nc1ncnc2c1ncn2-c1ccccc1)N1CCN(c2cccc(Cl)c2Cl)CC1. The molecule has 1 aliphatic heterocycles. The van der Waals surface area contributed by atoms with Gasteiger partial charge in [0.2, 0.25) is 0 Å². The average Bonchev–Trinajstić information content (AvgIpc) is 3.30. The highest BCUT2D eigenvalue weighted by molar-refractivity contribution is 6.43. The van der Waals surface area contributed by atoms with Crippen LogP contribution in [0.3, 0.4) is 0 Å². The molecule has 5 rings (SSSR count). The molecule has 3 heterocycles. The van der Waals surface area contributed by atoms with Gasteiger partial charge in [0.25, 0.3) is 0 Å². The Balaban J connectivity index is 1.35. The Morgan fingerprint density at radius 3 is 2.44 bits per heavy atom. The second-order valence-corrected chi connectivity index (χ2v) is 9.06. The van der Waals surface area contributed by atoms with Crippen molar-refractivity contribution in [3.05, 3.63) is 71.2 Å². The van der Waals surface area contributed by atoms with E-state index in [1.54, 1.807) is 19.3 Å². The summed E-state index contributed by atoms with van der Waals surface area (Å²) in [6, 6.07) is 15.6. The number of aromatic nitrogens is 4. The Morgan fingerprint density at radius 2 is 1.71 bits per heavy atom. The minimum Gasteiger partial charge on any atom is -0.390 e. The maximum atomic E-state index is 10.6. The third-order valence-corrected chi connectivity index (χ3v) is 6.90. The molecule has 2 aromatic heterocycles. The van der Waals surface area contributed by atoms with Gasteiger partial charge in [0.15, 0.2) is 17.0 Å². The minimum atomic E-state index is -0.637. The number of anilines is 2. The van der Waals surface area contributed by atoms with Gasteiger partial charge in [0.05, 0.1) is 21.8 Å². The van der Waals surface area contributed by atoms with Gasteiger partial charge in [-0.1, -0.05) is 47.5 Å². The summed E-state index contributed by atoms with van der Waals surface area (Å²) < 4.78 is 1.92. The van der Waals surface area contributed by atoms with Crippen molar-refractivity contribution in [2.75, 3.05) is 36.4 Å². The van der Waals surface area contributed by atoms with E-state index in [0.29, 0.717) is 27.0 Å². The number of fused-ring (bicyclic) bond motifs is 1. The van der Waals surface area contributed by atoms with Crippen molar-refractivity contribution in [1.29, 1.82) is 0 Å². The Morgan fingerprint density at radius 1 is 0.941 bits per heavy atom. The van der Waals surface area contributed by atoms with E-state index in [4.69, 9.17) is 23.2 Å². The smallest absolute Gasteiger partial charge is 0.170 e. The maximum absolute atomic E-state index is 10.6.